The highest BCUT2D eigenvalue weighted by atomic mass is 32.1. The zero-order valence-electron chi connectivity index (χ0n) is 20.7. The van der Waals surface area contributed by atoms with Gasteiger partial charge in [-0.2, -0.15) is 0 Å². The number of morpholine rings is 1. The van der Waals surface area contributed by atoms with Gasteiger partial charge in [0.25, 0.3) is 5.91 Å². The number of hydrogen-bond acceptors (Lipinski definition) is 12. The minimum Gasteiger partial charge on any atom is -0.370 e. The van der Waals surface area contributed by atoms with Gasteiger partial charge in [-0.15, -0.1) is 11.3 Å². The monoisotopic (exact) mass is 521 g/mol. The van der Waals surface area contributed by atoms with Crippen LogP contribution in [0.1, 0.15) is 26.9 Å². The second-order valence-electron chi connectivity index (χ2n) is 8.85. The number of pyridine rings is 1. The van der Waals surface area contributed by atoms with E-state index in [9.17, 15) is 4.79 Å². The summed E-state index contributed by atoms with van der Waals surface area (Å²) in [6.45, 7) is 2.51. The Hall–Kier alpha value is -3.94. The Bertz CT molecular complexity index is 1380. The number of amides is 1. The van der Waals surface area contributed by atoms with E-state index in [1.807, 2.05) is 49.4 Å². The molecular weight excluding hydrogens is 494 g/mol. The molecule has 1 saturated heterocycles. The number of aromatic nitrogens is 5. The maximum atomic E-state index is 11.5. The molecule has 0 aromatic carbocycles. The average Bonchev–Trinajstić information content (AvgIpc) is 3.34. The van der Waals surface area contributed by atoms with Gasteiger partial charge in [0, 0.05) is 56.7 Å². The molecule has 1 unspecified atom stereocenters. The Morgan fingerprint density at radius 1 is 1.16 bits per heavy atom. The summed E-state index contributed by atoms with van der Waals surface area (Å²) < 4.78 is 7.02. The molecule has 0 aliphatic carbocycles. The third-order valence-electron chi connectivity index (χ3n) is 6.00. The number of fused-ring (bicyclic) bond motifs is 1. The Kier molecular flexibility index (Phi) is 7.08. The fraction of sp³-hybridized carbons (Fsp3) is 0.333. The number of nitrogens with one attached hydrogen (secondary N) is 1. The molecular formula is C24H27N9O3S. The van der Waals surface area contributed by atoms with E-state index in [0.29, 0.717) is 38.1 Å². The van der Waals surface area contributed by atoms with Crippen molar-refractivity contribution < 1.29 is 14.7 Å². The van der Waals surface area contributed by atoms with Crippen LogP contribution in [0.4, 0.5) is 17.7 Å². The highest BCUT2D eigenvalue weighted by Crippen LogP contribution is 2.29. The van der Waals surface area contributed by atoms with E-state index < -0.39 is 5.91 Å². The zero-order valence-corrected chi connectivity index (χ0v) is 21.5. The topological polar surface area (TPSA) is 133 Å². The minimum atomic E-state index is -0.654. The fourth-order valence-electron chi connectivity index (χ4n) is 4.00. The lowest BCUT2D eigenvalue weighted by molar-refractivity contribution is 0.0390. The van der Waals surface area contributed by atoms with Crippen LogP contribution >= 0.6 is 11.3 Å². The van der Waals surface area contributed by atoms with Gasteiger partial charge < -0.3 is 19.4 Å². The van der Waals surface area contributed by atoms with Gasteiger partial charge in [-0.3, -0.25) is 10.0 Å². The van der Waals surface area contributed by atoms with Gasteiger partial charge in [0.05, 0.1) is 41.7 Å². The zero-order chi connectivity index (χ0) is 25.9. The summed E-state index contributed by atoms with van der Waals surface area (Å²) in [4.78, 5) is 40.9. The molecule has 5 heterocycles. The van der Waals surface area contributed by atoms with E-state index in [-0.39, 0.29) is 11.7 Å². The highest BCUT2D eigenvalue weighted by molar-refractivity contribution is 7.19. The van der Waals surface area contributed by atoms with Crippen molar-refractivity contribution in [2.24, 2.45) is 0 Å². The predicted octanol–water partition coefficient (Wildman–Crippen LogP) is 2.28. The molecule has 0 saturated carbocycles. The van der Waals surface area contributed by atoms with E-state index in [0.717, 1.165) is 26.5 Å². The van der Waals surface area contributed by atoms with Crippen LogP contribution in [-0.4, -0.2) is 76.9 Å². The summed E-state index contributed by atoms with van der Waals surface area (Å²) in [5.41, 5.74) is 3.66. The number of hydrogen-bond donors (Lipinski definition) is 2. The van der Waals surface area contributed by atoms with Crippen LogP contribution in [0.15, 0.2) is 43.0 Å². The standard InChI is InChI=1S/C24H27N9O3S/c1-31(2)21-5-4-15(9-25-21)19-14-33(6-7-36-19)24-28-12-20-18(29-24)8-17(37-20)13-32(3)23-26-10-16(11-27-23)22(34)30-35/h4-5,8-12,19,35H,6-7,13-14H2,1-3H3,(H,30,34). The van der Waals surface area contributed by atoms with Crippen molar-refractivity contribution in [1.29, 1.82) is 0 Å². The van der Waals surface area contributed by atoms with Gasteiger partial charge in [-0.1, -0.05) is 6.07 Å². The molecule has 1 aliphatic heterocycles. The summed E-state index contributed by atoms with van der Waals surface area (Å²) in [5.74, 6) is 1.39. The van der Waals surface area contributed by atoms with Crippen molar-refractivity contribution >= 4 is 45.2 Å². The number of thiophene rings is 1. The molecule has 37 heavy (non-hydrogen) atoms. The number of carbonyl (C=O) groups excluding carboxylic acids is 1. The summed E-state index contributed by atoms with van der Waals surface area (Å²) in [7, 11) is 5.80. The van der Waals surface area contributed by atoms with Gasteiger partial charge in [-0.25, -0.2) is 30.4 Å². The third-order valence-corrected chi connectivity index (χ3v) is 7.04. The van der Waals surface area contributed by atoms with E-state index in [1.165, 1.54) is 12.4 Å². The van der Waals surface area contributed by atoms with E-state index in [1.54, 1.807) is 16.8 Å². The Morgan fingerprint density at radius 2 is 1.97 bits per heavy atom. The number of rotatable bonds is 7. The van der Waals surface area contributed by atoms with Crippen molar-refractivity contribution in [2.45, 2.75) is 12.6 Å². The van der Waals surface area contributed by atoms with Crippen LogP contribution in [0.25, 0.3) is 10.2 Å². The van der Waals surface area contributed by atoms with Crippen molar-refractivity contribution in [3.8, 4) is 0 Å². The van der Waals surface area contributed by atoms with Gasteiger partial charge >= 0.3 is 0 Å². The lowest BCUT2D eigenvalue weighted by atomic mass is 10.1. The molecule has 12 nitrogen and oxygen atoms in total. The largest absolute Gasteiger partial charge is 0.370 e. The lowest BCUT2D eigenvalue weighted by Crippen LogP contribution is -2.39. The van der Waals surface area contributed by atoms with Crippen molar-refractivity contribution in [1.82, 2.24) is 30.4 Å². The minimum absolute atomic E-state index is 0.0988. The average molecular weight is 522 g/mol. The number of anilines is 3. The lowest BCUT2D eigenvalue weighted by Gasteiger charge is -2.33. The SMILES string of the molecule is CN(C)c1ccc(C2CN(c3ncc4sc(CN(C)c5ncc(C(=O)NO)cn5)cc4n3)CCO2)cn1. The number of hydroxylamine groups is 1. The van der Waals surface area contributed by atoms with Gasteiger partial charge in [0.1, 0.15) is 11.9 Å². The first kappa shape index (κ1) is 24.7. The van der Waals surface area contributed by atoms with E-state index in [4.69, 9.17) is 14.9 Å². The molecule has 192 valence electrons. The second-order valence-corrected chi connectivity index (χ2v) is 10.0. The molecule has 1 aliphatic rings. The van der Waals surface area contributed by atoms with Crippen LogP contribution in [-0.2, 0) is 11.3 Å². The molecule has 1 atom stereocenters. The van der Waals surface area contributed by atoms with Crippen LogP contribution < -0.4 is 20.2 Å². The first-order valence-electron chi connectivity index (χ1n) is 11.6. The summed E-state index contributed by atoms with van der Waals surface area (Å²) in [6.07, 6.45) is 6.37. The maximum Gasteiger partial charge on any atom is 0.277 e. The van der Waals surface area contributed by atoms with Crippen LogP contribution in [0, 0.1) is 0 Å². The van der Waals surface area contributed by atoms with Crippen LogP contribution in [0.3, 0.4) is 0 Å². The Labute approximate surface area is 217 Å². The van der Waals surface area contributed by atoms with Gasteiger partial charge in [-0.05, 0) is 12.1 Å². The molecule has 0 radical (unpaired) electrons. The molecule has 2 N–H and O–H groups in total. The molecule has 13 heteroatoms. The predicted molar refractivity (Wildman–Crippen MR) is 140 cm³/mol. The number of nitrogens with zero attached hydrogens (tertiary/aromatic N) is 8. The first-order valence-corrected chi connectivity index (χ1v) is 12.5. The molecule has 4 aromatic rings. The van der Waals surface area contributed by atoms with Crippen LogP contribution in [0.2, 0.25) is 0 Å². The van der Waals surface area contributed by atoms with E-state index in [2.05, 4.69) is 37.0 Å². The Balaban J connectivity index is 1.27. The van der Waals surface area contributed by atoms with Crippen molar-refractivity contribution in [3.63, 3.8) is 0 Å². The molecule has 5 rings (SSSR count). The summed E-state index contributed by atoms with van der Waals surface area (Å²) in [6, 6.07) is 6.10. The van der Waals surface area contributed by atoms with Crippen molar-refractivity contribution in [3.05, 3.63) is 59.0 Å². The van der Waals surface area contributed by atoms with Crippen molar-refractivity contribution in [2.75, 3.05) is 55.5 Å². The molecule has 0 bridgehead atoms. The maximum absolute atomic E-state index is 11.5. The van der Waals surface area contributed by atoms with Gasteiger partial charge in [0.15, 0.2) is 0 Å². The quantitative estimate of drug-likeness (QED) is 0.274. The highest BCUT2D eigenvalue weighted by Gasteiger charge is 2.24. The number of ether oxygens (including phenoxy) is 1. The van der Waals surface area contributed by atoms with E-state index >= 15 is 0 Å². The van der Waals surface area contributed by atoms with Crippen LogP contribution in [0.5, 0.6) is 0 Å². The normalized spacial score (nSPS) is 15.6. The molecule has 1 fully saturated rings. The molecule has 0 spiro atoms. The first-order chi connectivity index (χ1) is 17.9. The third kappa shape index (κ3) is 5.43. The smallest absolute Gasteiger partial charge is 0.277 e. The molecule has 4 aromatic heterocycles. The number of carbonyl (C=O) groups is 1. The fourth-order valence-corrected chi connectivity index (χ4v) is 5.03. The summed E-state index contributed by atoms with van der Waals surface area (Å²) >= 11 is 1.61. The molecule has 1 amide bonds. The summed E-state index contributed by atoms with van der Waals surface area (Å²) in [5, 5.41) is 8.74. The van der Waals surface area contributed by atoms with Gasteiger partial charge in [0.2, 0.25) is 11.9 Å². The second kappa shape index (κ2) is 10.6. The Morgan fingerprint density at radius 3 is 2.68 bits per heavy atom.